The summed E-state index contributed by atoms with van der Waals surface area (Å²) in [4.78, 5) is 22.7. The molecule has 1 atom stereocenters. The van der Waals surface area contributed by atoms with Crippen LogP contribution in [0.25, 0.3) is 11.4 Å². The lowest BCUT2D eigenvalue weighted by molar-refractivity contribution is -0.133. The Balaban J connectivity index is 1.24. The fourth-order valence-electron chi connectivity index (χ4n) is 6.14. The van der Waals surface area contributed by atoms with Crippen molar-refractivity contribution in [3.63, 3.8) is 0 Å². The van der Waals surface area contributed by atoms with Crippen LogP contribution in [0.5, 0.6) is 0 Å². The van der Waals surface area contributed by atoms with Crippen LogP contribution in [0, 0.1) is 5.92 Å². The molecular weight excluding hydrogens is 444 g/mol. The normalized spacial score (nSPS) is 22.3. The highest BCUT2D eigenvalue weighted by atomic mass is 35.5. The number of benzene rings is 2. The lowest BCUT2D eigenvalue weighted by Gasteiger charge is -2.39. The molecule has 0 bridgehead atoms. The Morgan fingerprint density at radius 2 is 1.79 bits per heavy atom. The Bertz CT molecular complexity index is 1180. The minimum Gasteiger partial charge on any atom is -0.343 e. The molecule has 0 radical (unpaired) electrons. The molecule has 3 aliphatic rings. The van der Waals surface area contributed by atoms with Crippen molar-refractivity contribution in [1.82, 2.24) is 19.4 Å². The maximum atomic E-state index is 13.4. The third-order valence-electron chi connectivity index (χ3n) is 8.12. The van der Waals surface area contributed by atoms with Gasteiger partial charge in [0.05, 0.1) is 5.54 Å². The largest absolute Gasteiger partial charge is 0.343 e. The van der Waals surface area contributed by atoms with Gasteiger partial charge in [0.25, 0.3) is 0 Å². The number of likely N-dealkylation sites (tertiary alicyclic amines) is 2. The standard InChI is InChI=1S/C28H31ClN4O/c29-23-8-6-22(7-9-23)28(25-5-2-1-4-24(25)27-30-14-19-33(27)28)13-10-26(34)32-17-11-21(12-18-32)20-31-15-3-16-31/h1-2,4-9,14,19,21H,3,10-13,15-18,20H2. The van der Waals surface area contributed by atoms with Crippen LogP contribution in [0.1, 0.15) is 43.2 Å². The smallest absolute Gasteiger partial charge is 0.222 e. The Labute approximate surface area is 206 Å². The number of hydrogen-bond donors (Lipinski definition) is 0. The molecule has 1 amide bonds. The van der Waals surface area contributed by atoms with Gasteiger partial charge in [0.2, 0.25) is 5.91 Å². The van der Waals surface area contributed by atoms with Crippen LogP contribution in [0.2, 0.25) is 5.02 Å². The van der Waals surface area contributed by atoms with E-state index < -0.39 is 5.54 Å². The lowest BCUT2D eigenvalue weighted by Crippen LogP contribution is -2.45. The van der Waals surface area contributed by atoms with Crippen LogP contribution in [0.4, 0.5) is 0 Å². The molecule has 0 saturated carbocycles. The second-order valence-electron chi connectivity index (χ2n) is 10.0. The molecular formula is C28H31ClN4O. The summed E-state index contributed by atoms with van der Waals surface area (Å²) in [6.07, 6.45) is 8.70. The van der Waals surface area contributed by atoms with Gasteiger partial charge in [-0.2, -0.15) is 0 Å². The van der Waals surface area contributed by atoms with Crippen molar-refractivity contribution in [2.75, 3.05) is 32.7 Å². The maximum Gasteiger partial charge on any atom is 0.222 e. The molecule has 1 aromatic heterocycles. The fourth-order valence-corrected chi connectivity index (χ4v) is 6.27. The molecule has 3 aromatic rings. The highest BCUT2D eigenvalue weighted by Crippen LogP contribution is 2.49. The molecule has 0 N–H and O–H groups in total. The van der Waals surface area contributed by atoms with E-state index in [4.69, 9.17) is 11.6 Å². The van der Waals surface area contributed by atoms with E-state index in [1.54, 1.807) is 0 Å². The van der Waals surface area contributed by atoms with Gasteiger partial charge in [-0.3, -0.25) is 4.79 Å². The molecule has 2 fully saturated rings. The first kappa shape index (κ1) is 21.9. The maximum absolute atomic E-state index is 13.4. The Hall–Kier alpha value is -2.63. The van der Waals surface area contributed by atoms with E-state index >= 15 is 0 Å². The van der Waals surface area contributed by atoms with Crippen LogP contribution in [-0.4, -0.2) is 58.0 Å². The number of halogens is 1. The lowest BCUT2D eigenvalue weighted by atomic mass is 9.79. The summed E-state index contributed by atoms with van der Waals surface area (Å²) in [5, 5.41) is 0.716. The molecule has 0 spiro atoms. The van der Waals surface area contributed by atoms with Crippen LogP contribution < -0.4 is 0 Å². The molecule has 5 nitrogen and oxygen atoms in total. The van der Waals surface area contributed by atoms with Gasteiger partial charge in [0.15, 0.2) is 0 Å². The van der Waals surface area contributed by atoms with Gasteiger partial charge in [-0.15, -0.1) is 0 Å². The summed E-state index contributed by atoms with van der Waals surface area (Å²) in [6, 6.07) is 16.6. The summed E-state index contributed by atoms with van der Waals surface area (Å²) in [5.41, 5.74) is 3.03. The number of rotatable bonds is 6. The van der Waals surface area contributed by atoms with E-state index in [0.717, 1.165) is 48.8 Å². The van der Waals surface area contributed by atoms with E-state index in [1.807, 2.05) is 18.3 Å². The summed E-state index contributed by atoms with van der Waals surface area (Å²) < 4.78 is 2.26. The van der Waals surface area contributed by atoms with Gasteiger partial charge < -0.3 is 14.4 Å². The van der Waals surface area contributed by atoms with Crippen molar-refractivity contribution in [1.29, 1.82) is 0 Å². The first-order chi connectivity index (χ1) is 16.6. The van der Waals surface area contributed by atoms with Crippen molar-refractivity contribution in [3.05, 3.63) is 77.1 Å². The number of hydrogen-bond acceptors (Lipinski definition) is 3. The van der Waals surface area contributed by atoms with Crippen LogP contribution in [0.15, 0.2) is 60.9 Å². The van der Waals surface area contributed by atoms with Crippen molar-refractivity contribution >= 4 is 17.5 Å². The zero-order valence-corrected chi connectivity index (χ0v) is 20.3. The quantitative estimate of drug-likeness (QED) is 0.503. The zero-order chi connectivity index (χ0) is 23.1. The minimum absolute atomic E-state index is 0.266. The van der Waals surface area contributed by atoms with Gasteiger partial charge in [-0.05, 0) is 68.0 Å². The number of nitrogens with zero attached hydrogens (tertiary/aromatic N) is 4. The molecule has 1 unspecified atom stereocenters. The monoisotopic (exact) mass is 474 g/mol. The van der Waals surface area contributed by atoms with Crippen molar-refractivity contribution in [2.24, 2.45) is 5.92 Å². The Kier molecular flexibility index (Phi) is 5.70. The van der Waals surface area contributed by atoms with Crippen molar-refractivity contribution < 1.29 is 4.79 Å². The number of carbonyl (C=O) groups excluding carboxylic acids is 1. The van der Waals surface area contributed by atoms with Gasteiger partial charge in [0.1, 0.15) is 5.82 Å². The predicted molar refractivity (Wildman–Crippen MR) is 135 cm³/mol. The third kappa shape index (κ3) is 3.66. The molecule has 34 heavy (non-hydrogen) atoms. The number of imidazole rings is 1. The first-order valence-electron chi connectivity index (χ1n) is 12.5. The van der Waals surface area contributed by atoms with E-state index in [1.165, 1.54) is 31.6 Å². The van der Waals surface area contributed by atoms with Crippen LogP contribution in [-0.2, 0) is 10.3 Å². The third-order valence-corrected chi connectivity index (χ3v) is 8.37. The SMILES string of the molecule is O=C(CCC1(c2ccc(Cl)cc2)c2ccccc2-c2nccn21)N1CCC(CN2CCC2)CC1. The van der Waals surface area contributed by atoms with E-state index in [-0.39, 0.29) is 5.91 Å². The predicted octanol–water partition coefficient (Wildman–Crippen LogP) is 5.03. The van der Waals surface area contributed by atoms with Crippen molar-refractivity contribution in [3.8, 4) is 11.4 Å². The number of amides is 1. The molecule has 4 heterocycles. The minimum atomic E-state index is -0.460. The molecule has 6 heteroatoms. The first-order valence-corrected chi connectivity index (χ1v) is 12.9. The number of fused-ring (bicyclic) bond motifs is 3. The molecule has 3 aliphatic heterocycles. The van der Waals surface area contributed by atoms with Crippen molar-refractivity contribution in [2.45, 2.75) is 37.6 Å². The number of aromatic nitrogens is 2. The molecule has 2 saturated heterocycles. The van der Waals surface area contributed by atoms with Crippen LogP contribution >= 0.6 is 11.6 Å². The fraction of sp³-hybridized carbons (Fsp3) is 0.429. The summed E-state index contributed by atoms with van der Waals surface area (Å²) in [6.45, 7) is 5.49. The summed E-state index contributed by atoms with van der Waals surface area (Å²) >= 11 is 6.25. The molecule has 6 rings (SSSR count). The average Bonchev–Trinajstić information content (AvgIpc) is 3.42. The van der Waals surface area contributed by atoms with E-state index in [9.17, 15) is 4.79 Å². The Morgan fingerprint density at radius 1 is 1.03 bits per heavy atom. The van der Waals surface area contributed by atoms with Gasteiger partial charge in [-0.25, -0.2) is 4.98 Å². The average molecular weight is 475 g/mol. The molecule has 2 aromatic carbocycles. The van der Waals surface area contributed by atoms with E-state index in [2.05, 4.69) is 61.9 Å². The second kappa shape index (κ2) is 8.86. The van der Waals surface area contributed by atoms with E-state index in [0.29, 0.717) is 17.9 Å². The molecule has 0 aliphatic carbocycles. The Morgan fingerprint density at radius 3 is 2.53 bits per heavy atom. The highest BCUT2D eigenvalue weighted by Gasteiger charge is 2.45. The summed E-state index contributed by atoms with van der Waals surface area (Å²) in [7, 11) is 0. The zero-order valence-electron chi connectivity index (χ0n) is 19.5. The van der Waals surface area contributed by atoms with Gasteiger partial charge in [0, 0.05) is 49.0 Å². The highest BCUT2D eigenvalue weighted by molar-refractivity contribution is 6.30. The number of piperidine rings is 1. The molecule has 176 valence electrons. The van der Waals surface area contributed by atoms with Gasteiger partial charge in [-0.1, -0.05) is 48.0 Å². The van der Waals surface area contributed by atoms with Crippen LogP contribution in [0.3, 0.4) is 0 Å². The van der Waals surface area contributed by atoms with Gasteiger partial charge >= 0.3 is 0 Å². The summed E-state index contributed by atoms with van der Waals surface area (Å²) in [5.74, 6) is 1.96. The number of carbonyl (C=O) groups is 1. The topological polar surface area (TPSA) is 41.4 Å². The second-order valence-corrected chi connectivity index (χ2v) is 10.4.